The van der Waals surface area contributed by atoms with Crippen LogP contribution < -0.4 is 14.8 Å². The van der Waals surface area contributed by atoms with Gasteiger partial charge in [0.15, 0.2) is 6.61 Å². The Morgan fingerprint density at radius 1 is 1.00 bits per heavy atom. The molecule has 0 saturated carbocycles. The minimum absolute atomic E-state index is 0.147. The fraction of sp³-hybridized carbons (Fsp3) is 0.125. The van der Waals surface area contributed by atoms with Gasteiger partial charge in [-0.2, -0.15) is 4.98 Å². The number of benzene rings is 3. The first kappa shape index (κ1) is 23.0. The van der Waals surface area contributed by atoms with Gasteiger partial charge in [0.1, 0.15) is 5.75 Å². The maximum atomic E-state index is 12.7. The molecule has 174 valence electrons. The molecule has 1 aromatic heterocycles. The van der Waals surface area contributed by atoms with Crippen LogP contribution in [0.3, 0.4) is 0 Å². The van der Waals surface area contributed by atoms with Crippen LogP contribution in [0.2, 0.25) is 0 Å². The molecule has 0 spiro atoms. The number of sulfonamides is 1. The lowest BCUT2D eigenvalue weighted by atomic mass is 10.1. The molecular weight excluding hydrogens is 456 g/mol. The lowest BCUT2D eigenvalue weighted by Gasteiger charge is -2.13. The first-order chi connectivity index (χ1) is 16.3. The summed E-state index contributed by atoms with van der Waals surface area (Å²) in [5.74, 6) is 1.09. The molecule has 3 aromatic carbocycles. The molecule has 0 unspecified atom stereocenters. The van der Waals surface area contributed by atoms with Crippen LogP contribution in [0, 0.1) is 13.8 Å². The van der Waals surface area contributed by atoms with Gasteiger partial charge in [0.25, 0.3) is 15.9 Å². The van der Waals surface area contributed by atoms with E-state index in [2.05, 4.69) is 20.2 Å². The number of carbonyl (C=O) groups excluding carboxylic acids is 1. The summed E-state index contributed by atoms with van der Waals surface area (Å²) >= 11 is 0. The highest BCUT2D eigenvalue weighted by Crippen LogP contribution is 2.24. The molecule has 0 aliphatic heterocycles. The second-order valence-corrected chi connectivity index (χ2v) is 9.13. The fourth-order valence-electron chi connectivity index (χ4n) is 3.07. The van der Waals surface area contributed by atoms with Crippen molar-refractivity contribution in [3.63, 3.8) is 0 Å². The van der Waals surface area contributed by atoms with Crippen molar-refractivity contribution < 1.29 is 22.5 Å². The third-order valence-electron chi connectivity index (χ3n) is 4.85. The zero-order valence-electron chi connectivity index (χ0n) is 18.5. The number of rotatable bonds is 8. The van der Waals surface area contributed by atoms with Crippen LogP contribution in [0.15, 0.2) is 82.2 Å². The van der Waals surface area contributed by atoms with E-state index in [1.807, 2.05) is 0 Å². The summed E-state index contributed by atoms with van der Waals surface area (Å²) in [4.78, 5) is 16.9. The van der Waals surface area contributed by atoms with Crippen molar-refractivity contribution in [3.05, 3.63) is 95.6 Å². The van der Waals surface area contributed by atoms with Crippen molar-refractivity contribution >= 4 is 27.3 Å². The highest BCUT2D eigenvalue weighted by molar-refractivity contribution is 7.92. The second-order valence-electron chi connectivity index (χ2n) is 7.45. The molecular formula is C24H22N4O5S. The average molecular weight is 479 g/mol. The van der Waals surface area contributed by atoms with Gasteiger partial charge in [-0.3, -0.25) is 9.52 Å². The first-order valence-corrected chi connectivity index (χ1v) is 11.8. The van der Waals surface area contributed by atoms with E-state index < -0.39 is 10.0 Å². The van der Waals surface area contributed by atoms with E-state index in [1.165, 1.54) is 12.1 Å². The van der Waals surface area contributed by atoms with Gasteiger partial charge in [0, 0.05) is 18.2 Å². The number of ether oxygens (including phenoxy) is 1. The Morgan fingerprint density at radius 2 is 1.74 bits per heavy atom. The van der Waals surface area contributed by atoms with Crippen molar-refractivity contribution in [2.75, 3.05) is 10.0 Å². The molecule has 9 nitrogen and oxygen atoms in total. The smallest absolute Gasteiger partial charge is 0.261 e. The molecule has 4 aromatic rings. The lowest BCUT2D eigenvalue weighted by Crippen LogP contribution is -2.15. The van der Waals surface area contributed by atoms with Crippen molar-refractivity contribution in [1.82, 2.24) is 10.1 Å². The third kappa shape index (κ3) is 5.59. The number of nitrogens with zero attached hydrogens (tertiary/aromatic N) is 2. The van der Waals surface area contributed by atoms with Crippen molar-refractivity contribution in [2.45, 2.75) is 25.3 Å². The van der Waals surface area contributed by atoms with E-state index in [4.69, 9.17) is 9.26 Å². The van der Waals surface area contributed by atoms with Gasteiger partial charge >= 0.3 is 0 Å². The Hall–Kier alpha value is -4.18. The zero-order valence-corrected chi connectivity index (χ0v) is 19.3. The van der Waals surface area contributed by atoms with Crippen LogP contribution in [0.5, 0.6) is 5.75 Å². The summed E-state index contributed by atoms with van der Waals surface area (Å²) in [5, 5.41) is 6.54. The maximum absolute atomic E-state index is 12.7. The summed E-state index contributed by atoms with van der Waals surface area (Å²) in [5.41, 5.74) is 1.96. The molecule has 0 aliphatic rings. The Morgan fingerprint density at radius 3 is 2.41 bits per heavy atom. The van der Waals surface area contributed by atoms with E-state index in [9.17, 15) is 13.2 Å². The van der Waals surface area contributed by atoms with E-state index in [1.54, 1.807) is 74.5 Å². The minimum Gasteiger partial charge on any atom is -0.485 e. The van der Waals surface area contributed by atoms with Gasteiger partial charge in [-0.1, -0.05) is 29.4 Å². The summed E-state index contributed by atoms with van der Waals surface area (Å²) < 4.78 is 38.4. The quantitative estimate of drug-likeness (QED) is 0.387. The Kier molecular flexibility index (Phi) is 6.60. The largest absolute Gasteiger partial charge is 0.485 e. The normalized spacial score (nSPS) is 11.1. The van der Waals surface area contributed by atoms with E-state index >= 15 is 0 Å². The maximum Gasteiger partial charge on any atom is 0.261 e. The van der Waals surface area contributed by atoms with Crippen molar-refractivity contribution in [3.8, 4) is 5.75 Å². The zero-order chi connectivity index (χ0) is 24.1. The molecule has 0 saturated heterocycles. The number of amides is 1. The first-order valence-electron chi connectivity index (χ1n) is 10.3. The highest BCUT2D eigenvalue weighted by atomic mass is 32.2. The lowest BCUT2D eigenvalue weighted by molar-refractivity contribution is 0.102. The van der Waals surface area contributed by atoms with Gasteiger partial charge in [-0.15, -0.1) is 0 Å². The molecule has 0 bridgehead atoms. The second kappa shape index (κ2) is 9.75. The van der Waals surface area contributed by atoms with Crippen LogP contribution in [0.25, 0.3) is 0 Å². The number of hydrogen-bond donors (Lipinski definition) is 2. The molecule has 0 radical (unpaired) electrons. The van der Waals surface area contributed by atoms with Crippen LogP contribution in [0.1, 0.15) is 27.6 Å². The van der Waals surface area contributed by atoms with Crippen LogP contribution in [0.4, 0.5) is 11.4 Å². The molecule has 1 heterocycles. The number of carbonyl (C=O) groups is 1. The fourth-order valence-corrected chi connectivity index (χ4v) is 4.21. The summed E-state index contributed by atoms with van der Waals surface area (Å²) in [6, 6.07) is 19.7. The molecule has 2 N–H and O–H groups in total. The van der Waals surface area contributed by atoms with Gasteiger partial charge in [0.2, 0.25) is 11.7 Å². The standard InChI is InChI=1S/C24H22N4O5S/c1-16-8-11-19(14-22(16)28-34(30,31)21-6-4-3-5-7-21)26-24(29)18-9-12-20(13-10-18)32-15-23-25-17(2)33-27-23/h3-14,28H,15H2,1-2H3,(H,26,29). The van der Waals surface area contributed by atoms with Gasteiger partial charge < -0.3 is 14.6 Å². The van der Waals surface area contributed by atoms with Crippen LogP contribution in [-0.4, -0.2) is 24.5 Å². The monoisotopic (exact) mass is 478 g/mol. The molecule has 0 aliphatic carbocycles. The minimum atomic E-state index is -3.75. The van der Waals surface area contributed by atoms with Crippen LogP contribution in [-0.2, 0) is 16.6 Å². The number of aryl methyl sites for hydroxylation is 2. The SMILES string of the molecule is Cc1nc(COc2ccc(C(=O)Nc3ccc(C)c(NS(=O)(=O)c4ccccc4)c3)cc2)no1. The van der Waals surface area contributed by atoms with Gasteiger partial charge in [-0.05, 0) is 61.0 Å². The van der Waals surface area contributed by atoms with Crippen molar-refractivity contribution in [2.24, 2.45) is 0 Å². The number of anilines is 2. The topological polar surface area (TPSA) is 123 Å². The van der Waals surface area contributed by atoms with Gasteiger partial charge in [-0.25, -0.2) is 8.42 Å². The molecule has 34 heavy (non-hydrogen) atoms. The summed E-state index contributed by atoms with van der Waals surface area (Å²) in [6.07, 6.45) is 0. The van der Waals surface area contributed by atoms with Gasteiger partial charge in [0.05, 0.1) is 10.6 Å². The number of aromatic nitrogens is 2. The average Bonchev–Trinajstić information content (AvgIpc) is 3.25. The number of hydrogen-bond acceptors (Lipinski definition) is 7. The Bertz CT molecular complexity index is 1400. The van der Waals surface area contributed by atoms with E-state index in [0.29, 0.717) is 34.4 Å². The summed E-state index contributed by atoms with van der Waals surface area (Å²) in [7, 11) is -3.75. The molecule has 4 rings (SSSR count). The van der Waals surface area contributed by atoms with Crippen LogP contribution >= 0.6 is 0 Å². The molecule has 10 heteroatoms. The van der Waals surface area contributed by atoms with Crippen molar-refractivity contribution in [1.29, 1.82) is 0 Å². The third-order valence-corrected chi connectivity index (χ3v) is 6.23. The predicted octanol–water partition coefficient (Wildman–Crippen LogP) is 4.32. The summed E-state index contributed by atoms with van der Waals surface area (Å²) in [6.45, 7) is 3.62. The molecule has 0 atom stereocenters. The molecule has 1 amide bonds. The predicted molar refractivity (Wildman–Crippen MR) is 126 cm³/mol. The highest BCUT2D eigenvalue weighted by Gasteiger charge is 2.16. The Labute approximate surface area is 196 Å². The number of nitrogens with one attached hydrogen (secondary N) is 2. The Balaban J connectivity index is 1.42. The van der Waals surface area contributed by atoms with E-state index in [-0.39, 0.29) is 17.4 Å². The molecule has 0 fully saturated rings. The van der Waals surface area contributed by atoms with E-state index in [0.717, 1.165) is 5.56 Å².